The zero-order valence-corrected chi connectivity index (χ0v) is 10.6. The second-order valence-corrected chi connectivity index (χ2v) is 5.20. The molecule has 0 aliphatic heterocycles. The number of methoxy groups -OCH3 is 1. The van der Waals surface area contributed by atoms with E-state index in [4.69, 9.17) is 4.74 Å². The molecule has 0 heterocycles. The molecule has 0 radical (unpaired) electrons. The zero-order valence-electron chi connectivity index (χ0n) is 10.6. The van der Waals surface area contributed by atoms with Crippen molar-refractivity contribution in [2.45, 2.75) is 26.7 Å². The summed E-state index contributed by atoms with van der Waals surface area (Å²) in [5, 5.41) is 0. The van der Waals surface area contributed by atoms with Gasteiger partial charge in [0.25, 0.3) is 0 Å². The molecule has 0 atom stereocenters. The maximum atomic E-state index is 12.0. The first-order valence-corrected chi connectivity index (χ1v) is 5.92. The van der Waals surface area contributed by atoms with Gasteiger partial charge in [-0.15, -0.1) is 0 Å². The summed E-state index contributed by atoms with van der Waals surface area (Å²) in [6, 6.07) is 7.70. The van der Waals surface area contributed by atoms with Gasteiger partial charge < -0.3 is 4.74 Å². The smallest absolute Gasteiger partial charge is 0.163 e. The molecule has 0 bridgehead atoms. The molecule has 0 fully saturated rings. The van der Waals surface area contributed by atoms with Crippen molar-refractivity contribution in [3.63, 3.8) is 0 Å². The molecule has 1 aromatic rings. The summed E-state index contributed by atoms with van der Waals surface area (Å²) in [6.07, 6.45) is 3.66. The second-order valence-electron chi connectivity index (χ2n) is 5.20. The molecule has 1 aliphatic carbocycles. The minimum atomic E-state index is 0.103. The summed E-state index contributed by atoms with van der Waals surface area (Å²) in [6.45, 7) is 4.33. The first-order chi connectivity index (χ1) is 8.02. The number of ether oxygens (including phenoxy) is 1. The number of carbonyl (C=O) groups excluding carboxylic acids is 1. The highest BCUT2D eigenvalue weighted by molar-refractivity contribution is 6.21. The van der Waals surface area contributed by atoms with E-state index in [-0.39, 0.29) is 11.2 Å². The van der Waals surface area contributed by atoms with Crippen LogP contribution in [0.5, 0.6) is 5.75 Å². The van der Waals surface area contributed by atoms with Gasteiger partial charge in [0.05, 0.1) is 7.11 Å². The topological polar surface area (TPSA) is 26.3 Å². The van der Waals surface area contributed by atoms with Crippen molar-refractivity contribution < 1.29 is 9.53 Å². The van der Waals surface area contributed by atoms with E-state index in [2.05, 4.69) is 19.9 Å². The Morgan fingerprint density at radius 3 is 2.76 bits per heavy atom. The Morgan fingerprint density at radius 1 is 1.29 bits per heavy atom. The molecular formula is C15H18O2. The van der Waals surface area contributed by atoms with Crippen LogP contribution >= 0.6 is 0 Å². The van der Waals surface area contributed by atoms with Gasteiger partial charge in [-0.25, -0.2) is 0 Å². The lowest BCUT2D eigenvalue weighted by Crippen LogP contribution is -2.19. The average molecular weight is 230 g/mol. The van der Waals surface area contributed by atoms with Crippen molar-refractivity contribution in [1.82, 2.24) is 0 Å². The number of allylic oxidation sites excluding steroid dienone is 2. The predicted octanol–water partition coefficient (Wildman–Crippen LogP) is 3.47. The molecule has 0 N–H and O–H groups in total. The van der Waals surface area contributed by atoms with Crippen LogP contribution in [0.2, 0.25) is 0 Å². The highest BCUT2D eigenvalue weighted by atomic mass is 16.5. The van der Waals surface area contributed by atoms with Crippen molar-refractivity contribution >= 4 is 11.4 Å². The van der Waals surface area contributed by atoms with Crippen LogP contribution in [0.15, 0.2) is 30.3 Å². The standard InChI is InChI=1S/C15H18O2/c1-15(2)8-7-14(16)13(10-15)11-5-4-6-12(9-11)17-3/h4-6,9-10H,7-8H2,1-3H3. The molecular weight excluding hydrogens is 212 g/mol. The van der Waals surface area contributed by atoms with Crippen molar-refractivity contribution in [3.05, 3.63) is 35.9 Å². The maximum absolute atomic E-state index is 12.0. The van der Waals surface area contributed by atoms with Gasteiger partial charge in [-0.1, -0.05) is 32.1 Å². The molecule has 2 rings (SSSR count). The van der Waals surface area contributed by atoms with Gasteiger partial charge in [0, 0.05) is 12.0 Å². The SMILES string of the molecule is COc1cccc(C2=CC(C)(C)CCC2=O)c1. The zero-order chi connectivity index (χ0) is 12.5. The van der Waals surface area contributed by atoms with Crippen LogP contribution in [-0.2, 0) is 4.79 Å². The van der Waals surface area contributed by atoms with Gasteiger partial charge in [0.1, 0.15) is 5.75 Å². The van der Waals surface area contributed by atoms with Crippen LogP contribution in [0.25, 0.3) is 5.57 Å². The number of rotatable bonds is 2. The summed E-state index contributed by atoms with van der Waals surface area (Å²) in [7, 11) is 1.64. The van der Waals surface area contributed by atoms with Gasteiger partial charge in [0.2, 0.25) is 0 Å². The third kappa shape index (κ3) is 2.57. The Kier molecular flexibility index (Phi) is 3.05. The van der Waals surface area contributed by atoms with Crippen LogP contribution in [0.3, 0.4) is 0 Å². The summed E-state index contributed by atoms with van der Waals surface area (Å²) >= 11 is 0. The molecule has 17 heavy (non-hydrogen) atoms. The number of benzene rings is 1. The minimum Gasteiger partial charge on any atom is -0.497 e. The molecule has 2 heteroatoms. The average Bonchev–Trinajstić information content (AvgIpc) is 2.32. The van der Waals surface area contributed by atoms with E-state index in [0.717, 1.165) is 23.3 Å². The number of ketones is 1. The summed E-state index contributed by atoms with van der Waals surface area (Å²) in [5.74, 6) is 1.03. The van der Waals surface area contributed by atoms with E-state index in [1.54, 1.807) is 7.11 Å². The van der Waals surface area contributed by atoms with E-state index < -0.39 is 0 Å². The normalized spacial score (nSPS) is 18.8. The molecule has 1 aromatic carbocycles. The van der Waals surface area contributed by atoms with Gasteiger partial charge >= 0.3 is 0 Å². The summed E-state index contributed by atoms with van der Waals surface area (Å²) in [5.41, 5.74) is 1.90. The van der Waals surface area contributed by atoms with Crippen LogP contribution in [0.4, 0.5) is 0 Å². The fourth-order valence-corrected chi connectivity index (χ4v) is 2.15. The lowest BCUT2D eigenvalue weighted by molar-refractivity contribution is -0.114. The van der Waals surface area contributed by atoms with E-state index in [0.29, 0.717) is 6.42 Å². The van der Waals surface area contributed by atoms with Crippen LogP contribution < -0.4 is 4.74 Å². The van der Waals surface area contributed by atoms with Gasteiger partial charge in [-0.2, -0.15) is 0 Å². The van der Waals surface area contributed by atoms with Crippen LogP contribution in [0, 0.1) is 5.41 Å². The fourth-order valence-electron chi connectivity index (χ4n) is 2.15. The quantitative estimate of drug-likeness (QED) is 0.777. The molecule has 2 nitrogen and oxygen atoms in total. The molecule has 0 saturated carbocycles. The lowest BCUT2D eigenvalue weighted by Gasteiger charge is -2.26. The Balaban J connectivity index is 2.43. The van der Waals surface area contributed by atoms with E-state index in [1.807, 2.05) is 24.3 Å². The third-order valence-electron chi connectivity index (χ3n) is 3.21. The molecule has 1 aliphatic rings. The monoisotopic (exact) mass is 230 g/mol. The molecule has 0 amide bonds. The van der Waals surface area contributed by atoms with Crippen LogP contribution in [0.1, 0.15) is 32.3 Å². The van der Waals surface area contributed by atoms with Crippen molar-refractivity contribution in [2.24, 2.45) is 5.41 Å². The summed E-state index contributed by atoms with van der Waals surface area (Å²) in [4.78, 5) is 12.0. The Morgan fingerprint density at radius 2 is 2.06 bits per heavy atom. The lowest BCUT2D eigenvalue weighted by atomic mass is 9.77. The van der Waals surface area contributed by atoms with Crippen molar-refractivity contribution in [2.75, 3.05) is 7.11 Å². The van der Waals surface area contributed by atoms with E-state index >= 15 is 0 Å². The number of hydrogen-bond acceptors (Lipinski definition) is 2. The molecule has 0 aromatic heterocycles. The van der Waals surface area contributed by atoms with E-state index in [9.17, 15) is 4.79 Å². The maximum Gasteiger partial charge on any atom is 0.163 e. The molecule has 90 valence electrons. The van der Waals surface area contributed by atoms with E-state index in [1.165, 1.54) is 0 Å². The number of carbonyl (C=O) groups is 1. The van der Waals surface area contributed by atoms with Gasteiger partial charge in [-0.3, -0.25) is 4.79 Å². The Labute approximate surface area is 102 Å². The van der Waals surface area contributed by atoms with Crippen molar-refractivity contribution in [1.29, 1.82) is 0 Å². The first-order valence-electron chi connectivity index (χ1n) is 5.92. The number of hydrogen-bond donors (Lipinski definition) is 0. The highest BCUT2D eigenvalue weighted by Gasteiger charge is 2.26. The Hall–Kier alpha value is -1.57. The van der Waals surface area contributed by atoms with Gasteiger partial charge in [0.15, 0.2) is 5.78 Å². The largest absolute Gasteiger partial charge is 0.497 e. The fraction of sp³-hybridized carbons (Fsp3) is 0.400. The molecule has 0 spiro atoms. The van der Waals surface area contributed by atoms with Crippen LogP contribution in [-0.4, -0.2) is 12.9 Å². The first kappa shape index (κ1) is 11.9. The predicted molar refractivity (Wildman–Crippen MR) is 69.0 cm³/mol. The Bertz CT molecular complexity index is 470. The molecule has 0 unspecified atom stereocenters. The van der Waals surface area contributed by atoms with Crippen molar-refractivity contribution in [3.8, 4) is 5.75 Å². The minimum absolute atomic E-state index is 0.103. The highest BCUT2D eigenvalue weighted by Crippen LogP contribution is 2.36. The second kappa shape index (κ2) is 4.36. The van der Waals surface area contributed by atoms with Gasteiger partial charge in [-0.05, 0) is 29.5 Å². The molecule has 0 saturated heterocycles. The summed E-state index contributed by atoms with van der Waals surface area (Å²) < 4.78 is 5.19. The number of Topliss-reactive ketones (excluding diaryl/α,β-unsaturated/α-hetero) is 1. The third-order valence-corrected chi connectivity index (χ3v) is 3.21.